The summed E-state index contributed by atoms with van der Waals surface area (Å²) in [5.41, 5.74) is 0.811. The minimum atomic E-state index is -0.491. The molecule has 26 heavy (non-hydrogen) atoms. The van der Waals surface area contributed by atoms with Gasteiger partial charge in [-0.1, -0.05) is 12.1 Å². The van der Waals surface area contributed by atoms with Crippen molar-refractivity contribution in [3.8, 4) is 0 Å². The highest BCUT2D eigenvalue weighted by atomic mass is 16.5. The van der Waals surface area contributed by atoms with Crippen molar-refractivity contribution in [1.82, 2.24) is 14.9 Å². The highest BCUT2D eigenvalue weighted by Crippen LogP contribution is 2.17. The number of benzene rings is 1. The van der Waals surface area contributed by atoms with Crippen molar-refractivity contribution in [2.24, 2.45) is 0 Å². The standard InChI is InChI=1S/C18H23N5O3/c1-4-26-18(25)13-7-5-6-8-14(13)22-17(24)15-11-21-16(12-20-15)19-9-10-23(2)3/h5-8,11-12H,4,9-10H2,1-3H3,(H,19,21)(H,22,24). The molecule has 0 bridgehead atoms. The molecule has 2 aromatic rings. The molecule has 0 saturated carbocycles. The number of hydrogen-bond donors (Lipinski definition) is 2. The lowest BCUT2D eigenvalue weighted by Gasteiger charge is -2.11. The maximum atomic E-state index is 12.4. The van der Waals surface area contributed by atoms with Gasteiger partial charge in [-0.05, 0) is 33.2 Å². The molecule has 0 spiro atoms. The summed E-state index contributed by atoms with van der Waals surface area (Å²) in [6, 6.07) is 6.66. The third kappa shape index (κ3) is 5.52. The van der Waals surface area contributed by atoms with Gasteiger partial charge in [-0.3, -0.25) is 4.79 Å². The molecule has 0 radical (unpaired) electrons. The SMILES string of the molecule is CCOC(=O)c1ccccc1NC(=O)c1cnc(NCCN(C)C)cn1. The van der Waals surface area contributed by atoms with Gasteiger partial charge in [0.05, 0.1) is 30.3 Å². The number of nitrogens with zero attached hydrogens (tertiary/aromatic N) is 3. The predicted octanol–water partition coefficient (Wildman–Crippen LogP) is 1.88. The minimum absolute atomic E-state index is 0.154. The number of nitrogens with one attached hydrogen (secondary N) is 2. The molecule has 138 valence electrons. The Morgan fingerprint density at radius 2 is 1.92 bits per heavy atom. The maximum absolute atomic E-state index is 12.4. The number of aromatic nitrogens is 2. The first-order valence-corrected chi connectivity index (χ1v) is 8.29. The zero-order valence-electron chi connectivity index (χ0n) is 15.2. The molecule has 8 nitrogen and oxygen atoms in total. The summed E-state index contributed by atoms with van der Waals surface area (Å²) >= 11 is 0. The van der Waals surface area contributed by atoms with Gasteiger partial charge in [0.2, 0.25) is 0 Å². The predicted molar refractivity (Wildman–Crippen MR) is 99.4 cm³/mol. The van der Waals surface area contributed by atoms with Gasteiger partial charge in [0.1, 0.15) is 11.5 Å². The van der Waals surface area contributed by atoms with Crippen LogP contribution in [0.2, 0.25) is 0 Å². The van der Waals surface area contributed by atoms with E-state index in [0.29, 0.717) is 11.5 Å². The number of anilines is 2. The van der Waals surface area contributed by atoms with Crippen LogP contribution in [0, 0.1) is 0 Å². The van der Waals surface area contributed by atoms with Crippen molar-refractivity contribution < 1.29 is 14.3 Å². The number of hydrogen-bond acceptors (Lipinski definition) is 7. The molecule has 0 aliphatic rings. The van der Waals surface area contributed by atoms with E-state index in [-0.39, 0.29) is 17.9 Å². The molecular weight excluding hydrogens is 334 g/mol. The van der Waals surface area contributed by atoms with Crippen molar-refractivity contribution in [2.45, 2.75) is 6.92 Å². The zero-order chi connectivity index (χ0) is 18.9. The van der Waals surface area contributed by atoms with Crippen molar-refractivity contribution in [3.63, 3.8) is 0 Å². The normalized spacial score (nSPS) is 10.5. The van der Waals surface area contributed by atoms with E-state index in [1.807, 2.05) is 19.0 Å². The second-order valence-electron chi connectivity index (χ2n) is 5.74. The summed E-state index contributed by atoms with van der Waals surface area (Å²) in [5.74, 6) is -0.348. The molecule has 0 atom stereocenters. The van der Waals surface area contributed by atoms with E-state index in [9.17, 15) is 9.59 Å². The largest absolute Gasteiger partial charge is 0.462 e. The molecular formula is C18H23N5O3. The average Bonchev–Trinajstić information content (AvgIpc) is 2.62. The quantitative estimate of drug-likeness (QED) is 0.696. The van der Waals surface area contributed by atoms with Crippen LogP contribution in [0.25, 0.3) is 0 Å². The molecule has 1 heterocycles. The Balaban J connectivity index is 2.03. The number of carbonyl (C=O) groups excluding carboxylic acids is 2. The smallest absolute Gasteiger partial charge is 0.340 e. The number of para-hydroxylation sites is 1. The van der Waals surface area contributed by atoms with Gasteiger partial charge in [0.15, 0.2) is 0 Å². The molecule has 1 aromatic heterocycles. The van der Waals surface area contributed by atoms with Crippen LogP contribution in [-0.2, 0) is 4.74 Å². The third-order valence-electron chi connectivity index (χ3n) is 3.42. The van der Waals surface area contributed by atoms with E-state index in [4.69, 9.17) is 4.74 Å². The van der Waals surface area contributed by atoms with Crippen molar-refractivity contribution >= 4 is 23.4 Å². The number of amides is 1. The van der Waals surface area contributed by atoms with Gasteiger partial charge in [0, 0.05) is 13.1 Å². The van der Waals surface area contributed by atoms with Gasteiger partial charge in [-0.2, -0.15) is 0 Å². The summed E-state index contributed by atoms with van der Waals surface area (Å²) < 4.78 is 5.00. The Labute approximate surface area is 152 Å². The lowest BCUT2D eigenvalue weighted by Crippen LogP contribution is -2.21. The van der Waals surface area contributed by atoms with Crippen LogP contribution in [0.5, 0.6) is 0 Å². The number of carbonyl (C=O) groups is 2. The van der Waals surface area contributed by atoms with Crippen molar-refractivity contribution in [2.75, 3.05) is 44.4 Å². The molecule has 0 aliphatic carbocycles. The lowest BCUT2D eigenvalue weighted by molar-refractivity contribution is 0.0527. The second-order valence-corrected chi connectivity index (χ2v) is 5.74. The first-order chi connectivity index (χ1) is 12.5. The summed E-state index contributed by atoms with van der Waals surface area (Å²) in [5, 5.41) is 5.80. The van der Waals surface area contributed by atoms with Crippen LogP contribution >= 0.6 is 0 Å². The molecule has 2 rings (SSSR count). The highest BCUT2D eigenvalue weighted by Gasteiger charge is 2.15. The van der Waals surface area contributed by atoms with Gasteiger partial charge in [0.25, 0.3) is 5.91 Å². The fourth-order valence-corrected chi connectivity index (χ4v) is 2.11. The molecule has 0 aliphatic heterocycles. The van der Waals surface area contributed by atoms with Crippen LogP contribution in [0.4, 0.5) is 11.5 Å². The van der Waals surface area contributed by atoms with E-state index in [1.165, 1.54) is 12.4 Å². The molecule has 0 fully saturated rings. The first-order valence-electron chi connectivity index (χ1n) is 8.29. The Morgan fingerprint density at radius 3 is 2.58 bits per heavy atom. The number of likely N-dealkylation sites (N-methyl/N-ethyl adjacent to an activating group) is 1. The summed E-state index contributed by atoms with van der Waals surface area (Å²) in [6.07, 6.45) is 2.89. The van der Waals surface area contributed by atoms with E-state index in [2.05, 4.69) is 20.6 Å². The van der Waals surface area contributed by atoms with Gasteiger partial charge in [-0.15, -0.1) is 0 Å². The Hall–Kier alpha value is -3.00. The van der Waals surface area contributed by atoms with Crippen molar-refractivity contribution in [1.29, 1.82) is 0 Å². The fraction of sp³-hybridized carbons (Fsp3) is 0.333. The van der Waals surface area contributed by atoms with Crippen LogP contribution in [0.15, 0.2) is 36.7 Å². The fourth-order valence-electron chi connectivity index (χ4n) is 2.11. The maximum Gasteiger partial charge on any atom is 0.340 e. The van der Waals surface area contributed by atoms with Gasteiger partial charge < -0.3 is 20.3 Å². The lowest BCUT2D eigenvalue weighted by atomic mass is 10.1. The van der Waals surface area contributed by atoms with E-state index in [0.717, 1.165) is 13.1 Å². The molecule has 0 unspecified atom stereocenters. The van der Waals surface area contributed by atoms with E-state index >= 15 is 0 Å². The topological polar surface area (TPSA) is 96.4 Å². The summed E-state index contributed by atoms with van der Waals surface area (Å²) in [6.45, 7) is 3.56. The van der Waals surface area contributed by atoms with Gasteiger partial charge >= 0.3 is 5.97 Å². The molecule has 8 heteroatoms. The first kappa shape index (κ1) is 19.3. The Bertz CT molecular complexity index is 747. The second kappa shape index (κ2) is 9.47. The summed E-state index contributed by atoms with van der Waals surface area (Å²) in [7, 11) is 3.96. The zero-order valence-corrected chi connectivity index (χ0v) is 15.2. The van der Waals surface area contributed by atoms with Crippen LogP contribution in [-0.4, -0.2) is 60.5 Å². The van der Waals surface area contributed by atoms with E-state index < -0.39 is 11.9 Å². The van der Waals surface area contributed by atoms with Crippen molar-refractivity contribution in [3.05, 3.63) is 47.9 Å². The molecule has 0 saturated heterocycles. The molecule has 2 N–H and O–H groups in total. The minimum Gasteiger partial charge on any atom is -0.462 e. The van der Waals surface area contributed by atoms with Crippen LogP contribution < -0.4 is 10.6 Å². The monoisotopic (exact) mass is 357 g/mol. The molecule has 1 aromatic carbocycles. The van der Waals surface area contributed by atoms with E-state index in [1.54, 1.807) is 31.2 Å². The Kier molecular flexibility index (Phi) is 7.04. The van der Waals surface area contributed by atoms with Crippen LogP contribution in [0.3, 0.4) is 0 Å². The Morgan fingerprint density at radius 1 is 1.15 bits per heavy atom. The number of rotatable bonds is 8. The number of esters is 1. The van der Waals surface area contributed by atoms with Gasteiger partial charge in [-0.25, -0.2) is 14.8 Å². The highest BCUT2D eigenvalue weighted by molar-refractivity contribution is 6.06. The average molecular weight is 357 g/mol. The summed E-state index contributed by atoms with van der Waals surface area (Å²) in [4.78, 5) is 34.7. The molecule has 1 amide bonds. The van der Waals surface area contributed by atoms with Crippen LogP contribution in [0.1, 0.15) is 27.8 Å². The number of ether oxygens (including phenoxy) is 1. The third-order valence-corrected chi connectivity index (χ3v) is 3.42.